The Morgan fingerprint density at radius 3 is 2.47 bits per heavy atom. The second kappa shape index (κ2) is 7.24. The van der Waals surface area contributed by atoms with Gasteiger partial charge in [0.1, 0.15) is 0 Å². The predicted molar refractivity (Wildman–Crippen MR) is 61.5 cm³/mol. The molecule has 0 aromatic rings. The van der Waals surface area contributed by atoms with Crippen molar-refractivity contribution in [2.24, 2.45) is 5.92 Å². The topological polar surface area (TPSA) is 89.9 Å². The number of amides is 1. The van der Waals surface area contributed by atoms with Gasteiger partial charge in [0, 0.05) is 19.7 Å². The highest BCUT2D eigenvalue weighted by Gasteiger charge is 2.26. The van der Waals surface area contributed by atoms with Crippen LogP contribution in [0.25, 0.3) is 0 Å². The van der Waals surface area contributed by atoms with Crippen LogP contribution < -0.4 is 5.32 Å². The van der Waals surface area contributed by atoms with E-state index in [4.69, 9.17) is 10.2 Å². The summed E-state index contributed by atoms with van der Waals surface area (Å²) < 4.78 is 0. The van der Waals surface area contributed by atoms with Crippen molar-refractivity contribution >= 4 is 11.9 Å². The zero-order valence-corrected chi connectivity index (χ0v) is 9.89. The van der Waals surface area contributed by atoms with Gasteiger partial charge in [-0.2, -0.15) is 0 Å². The van der Waals surface area contributed by atoms with Crippen molar-refractivity contribution in [3.63, 3.8) is 0 Å². The second-order valence-corrected chi connectivity index (χ2v) is 4.25. The third-order valence-corrected chi connectivity index (χ3v) is 2.98. The van der Waals surface area contributed by atoms with Gasteiger partial charge in [0.2, 0.25) is 5.91 Å². The largest absolute Gasteiger partial charge is 0.481 e. The first kappa shape index (κ1) is 13.9. The lowest BCUT2D eigenvalue weighted by Gasteiger charge is -2.30. The Balaban J connectivity index is 2.19. The van der Waals surface area contributed by atoms with Crippen LogP contribution >= 0.6 is 0 Å². The van der Waals surface area contributed by atoms with Gasteiger partial charge in [-0.25, -0.2) is 0 Å². The van der Waals surface area contributed by atoms with E-state index in [2.05, 4.69) is 5.32 Å². The normalized spacial score (nSPS) is 17.1. The second-order valence-electron chi connectivity index (χ2n) is 4.25. The first-order chi connectivity index (χ1) is 8.15. The van der Waals surface area contributed by atoms with Gasteiger partial charge < -0.3 is 20.4 Å². The Morgan fingerprint density at radius 1 is 1.29 bits per heavy atom. The van der Waals surface area contributed by atoms with Gasteiger partial charge in [0.25, 0.3) is 0 Å². The molecule has 0 unspecified atom stereocenters. The van der Waals surface area contributed by atoms with E-state index in [0.29, 0.717) is 38.9 Å². The fraction of sp³-hybridized carbons (Fsp3) is 0.818. The molecule has 1 aliphatic heterocycles. The number of carbonyl (C=O) groups excluding carboxylic acids is 1. The van der Waals surface area contributed by atoms with Crippen LogP contribution in [-0.2, 0) is 9.59 Å². The minimum Gasteiger partial charge on any atom is -0.481 e. The molecule has 0 aromatic heterocycles. The summed E-state index contributed by atoms with van der Waals surface area (Å²) in [4.78, 5) is 24.1. The van der Waals surface area contributed by atoms with Crippen molar-refractivity contribution in [1.82, 2.24) is 10.2 Å². The van der Waals surface area contributed by atoms with Crippen molar-refractivity contribution in [2.75, 3.05) is 32.8 Å². The molecule has 1 fully saturated rings. The zero-order valence-electron chi connectivity index (χ0n) is 9.89. The number of likely N-dealkylation sites (tertiary alicyclic amines) is 1. The van der Waals surface area contributed by atoms with Crippen molar-refractivity contribution in [2.45, 2.75) is 19.3 Å². The molecule has 17 heavy (non-hydrogen) atoms. The van der Waals surface area contributed by atoms with Crippen LogP contribution in [-0.4, -0.2) is 59.8 Å². The number of hydrogen-bond acceptors (Lipinski definition) is 4. The maximum atomic E-state index is 11.7. The van der Waals surface area contributed by atoms with Crippen LogP contribution in [0.15, 0.2) is 0 Å². The van der Waals surface area contributed by atoms with E-state index in [1.54, 1.807) is 4.90 Å². The molecule has 0 bridgehead atoms. The number of piperidine rings is 1. The number of carboxylic acid groups (broad SMARTS) is 1. The van der Waals surface area contributed by atoms with E-state index in [-0.39, 0.29) is 25.0 Å². The van der Waals surface area contributed by atoms with E-state index in [1.807, 2.05) is 0 Å². The van der Waals surface area contributed by atoms with E-state index in [0.717, 1.165) is 0 Å². The SMILES string of the molecule is O=C(O)C1CCN(C(=O)CNCCCO)CC1. The lowest BCUT2D eigenvalue weighted by Crippen LogP contribution is -2.44. The Kier molecular flexibility index (Phi) is 5.93. The molecule has 1 rings (SSSR count). The summed E-state index contributed by atoms with van der Waals surface area (Å²) in [6, 6.07) is 0. The quantitative estimate of drug-likeness (QED) is 0.537. The number of carbonyl (C=O) groups is 2. The van der Waals surface area contributed by atoms with Gasteiger partial charge in [-0.1, -0.05) is 0 Å². The third kappa shape index (κ3) is 4.70. The number of rotatable bonds is 6. The molecule has 0 spiro atoms. The lowest BCUT2D eigenvalue weighted by atomic mass is 9.97. The number of carboxylic acids is 1. The smallest absolute Gasteiger partial charge is 0.306 e. The van der Waals surface area contributed by atoms with E-state index in [9.17, 15) is 9.59 Å². The summed E-state index contributed by atoms with van der Waals surface area (Å²) in [6.45, 7) is 2.05. The Bertz CT molecular complexity index is 262. The van der Waals surface area contributed by atoms with E-state index in [1.165, 1.54) is 0 Å². The highest BCUT2D eigenvalue weighted by Crippen LogP contribution is 2.16. The molecule has 0 radical (unpaired) electrons. The van der Waals surface area contributed by atoms with Gasteiger partial charge in [0.15, 0.2) is 0 Å². The van der Waals surface area contributed by atoms with Crippen LogP contribution in [0.1, 0.15) is 19.3 Å². The summed E-state index contributed by atoms with van der Waals surface area (Å²) in [5.74, 6) is -1.06. The van der Waals surface area contributed by atoms with Crippen LogP contribution in [0.4, 0.5) is 0 Å². The molecule has 6 heteroatoms. The Labute approximate surface area is 101 Å². The number of aliphatic carboxylic acids is 1. The molecular weight excluding hydrogens is 224 g/mol. The fourth-order valence-corrected chi connectivity index (χ4v) is 1.89. The van der Waals surface area contributed by atoms with Crippen LogP contribution in [0.3, 0.4) is 0 Å². The molecule has 98 valence electrons. The molecule has 0 atom stereocenters. The number of aliphatic hydroxyl groups is 1. The standard InChI is InChI=1S/C11H20N2O4/c14-7-1-4-12-8-10(15)13-5-2-9(3-6-13)11(16)17/h9,12,14H,1-8H2,(H,16,17). The van der Waals surface area contributed by atoms with Crippen molar-refractivity contribution in [3.8, 4) is 0 Å². The summed E-state index contributed by atoms with van der Waals surface area (Å²) >= 11 is 0. The predicted octanol–water partition coefficient (Wildman–Crippen LogP) is -0.718. The zero-order chi connectivity index (χ0) is 12.7. The van der Waals surface area contributed by atoms with Crippen LogP contribution in [0, 0.1) is 5.92 Å². The summed E-state index contributed by atoms with van der Waals surface area (Å²) in [5.41, 5.74) is 0. The summed E-state index contributed by atoms with van der Waals surface area (Å²) in [5, 5.41) is 20.3. The molecule has 1 heterocycles. The lowest BCUT2D eigenvalue weighted by molar-refractivity contribution is -0.145. The average Bonchev–Trinajstić information content (AvgIpc) is 2.34. The highest BCUT2D eigenvalue weighted by atomic mass is 16.4. The fourth-order valence-electron chi connectivity index (χ4n) is 1.89. The molecule has 0 aromatic carbocycles. The van der Waals surface area contributed by atoms with Crippen LogP contribution in [0.5, 0.6) is 0 Å². The van der Waals surface area contributed by atoms with Crippen molar-refractivity contribution < 1.29 is 19.8 Å². The molecule has 6 nitrogen and oxygen atoms in total. The van der Waals surface area contributed by atoms with Gasteiger partial charge in [-0.15, -0.1) is 0 Å². The molecule has 3 N–H and O–H groups in total. The molecule has 1 aliphatic rings. The average molecular weight is 244 g/mol. The minimum atomic E-state index is -0.766. The molecular formula is C11H20N2O4. The number of aliphatic hydroxyl groups excluding tert-OH is 1. The Hall–Kier alpha value is -1.14. The summed E-state index contributed by atoms with van der Waals surface area (Å²) in [6.07, 6.45) is 1.71. The minimum absolute atomic E-state index is 0.00628. The molecule has 1 saturated heterocycles. The van der Waals surface area contributed by atoms with Crippen molar-refractivity contribution in [1.29, 1.82) is 0 Å². The maximum absolute atomic E-state index is 11.7. The van der Waals surface area contributed by atoms with Crippen LogP contribution in [0.2, 0.25) is 0 Å². The van der Waals surface area contributed by atoms with Crippen molar-refractivity contribution in [3.05, 3.63) is 0 Å². The molecule has 1 amide bonds. The number of hydrogen-bond donors (Lipinski definition) is 3. The molecule has 0 aliphatic carbocycles. The number of nitrogens with one attached hydrogen (secondary N) is 1. The maximum Gasteiger partial charge on any atom is 0.306 e. The number of nitrogens with zero attached hydrogens (tertiary/aromatic N) is 1. The van der Waals surface area contributed by atoms with Gasteiger partial charge in [0.05, 0.1) is 12.5 Å². The third-order valence-electron chi connectivity index (χ3n) is 2.98. The monoisotopic (exact) mass is 244 g/mol. The highest BCUT2D eigenvalue weighted by molar-refractivity contribution is 5.78. The van der Waals surface area contributed by atoms with Gasteiger partial charge in [-0.05, 0) is 25.8 Å². The summed E-state index contributed by atoms with van der Waals surface area (Å²) in [7, 11) is 0. The van der Waals surface area contributed by atoms with Gasteiger partial charge >= 0.3 is 5.97 Å². The van der Waals surface area contributed by atoms with Gasteiger partial charge in [-0.3, -0.25) is 9.59 Å². The first-order valence-electron chi connectivity index (χ1n) is 5.97. The Morgan fingerprint density at radius 2 is 1.94 bits per heavy atom. The van der Waals surface area contributed by atoms with E-state index < -0.39 is 5.97 Å². The first-order valence-corrected chi connectivity index (χ1v) is 5.97. The van der Waals surface area contributed by atoms with E-state index >= 15 is 0 Å². The molecule has 0 saturated carbocycles.